The second-order valence-electron chi connectivity index (χ2n) is 5.52. The quantitative estimate of drug-likeness (QED) is 0.263. The van der Waals surface area contributed by atoms with Gasteiger partial charge in [-0.3, -0.25) is 0 Å². The van der Waals surface area contributed by atoms with Crippen LogP contribution in [0.3, 0.4) is 0 Å². The third-order valence-electron chi connectivity index (χ3n) is 3.75. The lowest BCUT2D eigenvalue weighted by atomic mass is 10.0. The van der Waals surface area contributed by atoms with Crippen molar-refractivity contribution in [2.24, 2.45) is 0 Å². The summed E-state index contributed by atoms with van der Waals surface area (Å²) in [7, 11) is 0. The van der Waals surface area contributed by atoms with Gasteiger partial charge in [0, 0.05) is 6.08 Å². The predicted molar refractivity (Wildman–Crippen MR) is 103 cm³/mol. The Morgan fingerprint density at radius 3 is 1.80 bits per heavy atom. The van der Waals surface area contributed by atoms with E-state index in [2.05, 4.69) is 49.1 Å². The summed E-state index contributed by atoms with van der Waals surface area (Å²) in [5.74, 6) is 0.0519. The van der Waals surface area contributed by atoms with Gasteiger partial charge in [0.1, 0.15) is 5.75 Å². The normalized spacial score (nSPS) is 10.6. The Hall–Kier alpha value is -3.39. The van der Waals surface area contributed by atoms with Crippen molar-refractivity contribution in [1.29, 1.82) is 0 Å². The van der Waals surface area contributed by atoms with Crippen molar-refractivity contribution in [3.05, 3.63) is 103 Å². The zero-order valence-corrected chi connectivity index (χ0v) is 13.8. The van der Waals surface area contributed by atoms with Gasteiger partial charge in [-0.25, -0.2) is 4.79 Å². The van der Waals surface area contributed by atoms with Gasteiger partial charge < -0.3 is 4.74 Å². The predicted octanol–water partition coefficient (Wildman–Crippen LogP) is 5.62. The molecule has 2 nitrogen and oxygen atoms in total. The van der Waals surface area contributed by atoms with Crippen LogP contribution in [0.1, 0.15) is 11.1 Å². The molecule has 0 bridgehead atoms. The number of hydrogen-bond acceptors (Lipinski definition) is 2. The molecule has 0 saturated carbocycles. The number of esters is 1. The average Bonchev–Trinajstić information content (AvgIpc) is 2.68. The van der Waals surface area contributed by atoms with Crippen molar-refractivity contribution in [1.82, 2.24) is 0 Å². The fourth-order valence-corrected chi connectivity index (χ4v) is 2.41. The first-order valence-electron chi connectivity index (χ1n) is 8.02. The first kappa shape index (κ1) is 16.5. The second kappa shape index (κ2) is 7.93. The van der Waals surface area contributed by atoms with Crippen molar-refractivity contribution in [3.63, 3.8) is 0 Å². The molecule has 122 valence electrons. The molecule has 0 radical (unpaired) electrons. The molecule has 0 N–H and O–H groups in total. The smallest absolute Gasteiger partial charge is 0.335 e. The molecule has 3 aromatic carbocycles. The maximum atomic E-state index is 11.2. The van der Waals surface area contributed by atoms with E-state index in [0.29, 0.717) is 5.75 Å². The number of ether oxygens (including phenoxy) is 1. The van der Waals surface area contributed by atoms with Crippen LogP contribution in [0.5, 0.6) is 5.75 Å². The zero-order chi connectivity index (χ0) is 17.5. The first-order chi connectivity index (χ1) is 12.2. The van der Waals surface area contributed by atoms with Gasteiger partial charge in [0.15, 0.2) is 0 Å². The molecule has 25 heavy (non-hydrogen) atoms. The summed E-state index contributed by atoms with van der Waals surface area (Å²) in [6.07, 6.45) is 5.23. The number of carbonyl (C=O) groups is 1. The van der Waals surface area contributed by atoms with E-state index in [-0.39, 0.29) is 0 Å². The lowest BCUT2D eigenvalue weighted by molar-refractivity contribution is -0.128. The van der Waals surface area contributed by atoms with Crippen LogP contribution >= 0.6 is 0 Å². The summed E-state index contributed by atoms with van der Waals surface area (Å²) in [4.78, 5) is 11.2. The van der Waals surface area contributed by atoms with Crippen LogP contribution in [0.25, 0.3) is 23.3 Å². The number of carbonyl (C=O) groups excluding carboxylic acids is 1. The van der Waals surface area contributed by atoms with Gasteiger partial charge in [0.2, 0.25) is 0 Å². The molecule has 0 aliphatic heterocycles. The molecule has 0 aliphatic rings. The van der Waals surface area contributed by atoms with Crippen molar-refractivity contribution in [3.8, 4) is 16.9 Å². The molecule has 0 heterocycles. The van der Waals surface area contributed by atoms with Gasteiger partial charge in [0.25, 0.3) is 0 Å². The summed E-state index contributed by atoms with van der Waals surface area (Å²) in [6, 6.07) is 26.1. The zero-order valence-electron chi connectivity index (χ0n) is 13.8. The lowest BCUT2D eigenvalue weighted by Crippen LogP contribution is -2.02. The molecule has 0 amide bonds. The van der Waals surface area contributed by atoms with Gasteiger partial charge in [-0.05, 0) is 34.4 Å². The van der Waals surface area contributed by atoms with Crippen molar-refractivity contribution in [2.45, 2.75) is 0 Å². The third-order valence-corrected chi connectivity index (χ3v) is 3.75. The monoisotopic (exact) mass is 326 g/mol. The molecule has 3 rings (SSSR count). The van der Waals surface area contributed by atoms with Gasteiger partial charge in [-0.15, -0.1) is 0 Å². The van der Waals surface area contributed by atoms with Gasteiger partial charge >= 0.3 is 5.97 Å². The molecular weight excluding hydrogens is 308 g/mol. The van der Waals surface area contributed by atoms with Crippen LogP contribution in [-0.2, 0) is 4.79 Å². The van der Waals surface area contributed by atoms with Crippen LogP contribution in [0.4, 0.5) is 0 Å². The van der Waals surface area contributed by atoms with Crippen LogP contribution in [0.15, 0.2) is 91.5 Å². The van der Waals surface area contributed by atoms with E-state index in [1.165, 1.54) is 11.1 Å². The maximum absolute atomic E-state index is 11.2. The van der Waals surface area contributed by atoms with Gasteiger partial charge in [-0.1, -0.05) is 85.5 Å². The Balaban J connectivity index is 1.67. The maximum Gasteiger partial charge on any atom is 0.335 e. The summed E-state index contributed by atoms with van der Waals surface area (Å²) in [5, 5.41) is 0. The molecular formula is C23H18O2. The minimum atomic E-state index is -0.457. The summed E-state index contributed by atoms with van der Waals surface area (Å²) < 4.78 is 5.06. The molecule has 2 heteroatoms. The highest BCUT2D eigenvalue weighted by molar-refractivity contribution is 5.83. The molecule has 0 saturated heterocycles. The van der Waals surface area contributed by atoms with Crippen LogP contribution in [0, 0.1) is 0 Å². The number of benzene rings is 3. The highest BCUT2D eigenvalue weighted by Gasteiger charge is 1.99. The molecule has 0 unspecified atom stereocenters. The van der Waals surface area contributed by atoms with Crippen molar-refractivity contribution < 1.29 is 9.53 Å². The topological polar surface area (TPSA) is 26.3 Å². The van der Waals surface area contributed by atoms with Crippen molar-refractivity contribution >= 4 is 18.1 Å². The van der Waals surface area contributed by atoms with Crippen LogP contribution in [0.2, 0.25) is 0 Å². The highest BCUT2D eigenvalue weighted by atomic mass is 16.5. The fraction of sp³-hybridized carbons (Fsp3) is 0. The minimum Gasteiger partial charge on any atom is -0.423 e. The molecule has 0 aliphatic carbocycles. The van der Waals surface area contributed by atoms with E-state index in [1.807, 2.05) is 36.4 Å². The Bertz CT molecular complexity index is 874. The fourth-order valence-electron chi connectivity index (χ4n) is 2.41. The van der Waals surface area contributed by atoms with Crippen LogP contribution < -0.4 is 4.74 Å². The Morgan fingerprint density at radius 2 is 1.24 bits per heavy atom. The van der Waals surface area contributed by atoms with E-state index in [0.717, 1.165) is 17.2 Å². The van der Waals surface area contributed by atoms with E-state index in [4.69, 9.17) is 4.74 Å². The van der Waals surface area contributed by atoms with Crippen molar-refractivity contribution in [2.75, 3.05) is 0 Å². The largest absolute Gasteiger partial charge is 0.423 e. The molecule has 0 fully saturated rings. The molecule has 0 spiro atoms. The lowest BCUT2D eigenvalue weighted by Gasteiger charge is -2.02. The van der Waals surface area contributed by atoms with E-state index >= 15 is 0 Å². The summed E-state index contributed by atoms with van der Waals surface area (Å²) in [6.45, 7) is 3.38. The Kier molecular flexibility index (Phi) is 5.22. The number of rotatable bonds is 5. The van der Waals surface area contributed by atoms with Gasteiger partial charge in [-0.2, -0.15) is 0 Å². The standard InChI is InChI=1S/C23H18O2/c1-2-23(24)25-22-16-12-19(13-17-22)9-8-18-10-14-21(15-11-18)20-6-4-3-5-7-20/h2-17H,1H2/b9-8-. The Labute approximate surface area is 147 Å². The SMILES string of the molecule is C=CC(=O)Oc1ccc(/C=C\c2ccc(-c3ccccc3)cc2)cc1. The molecule has 0 aromatic heterocycles. The Morgan fingerprint density at radius 1 is 0.720 bits per heavy atom. The van der Waals surface area contributed by atoms with E-state index < -0.39 is 5.97 Å². The minimum absolute atomic E-state index is 0.457. The number of hydrogen-bond donors (Lipinski definition) is 0. The molecule has 0 atom stereocenters. The van der Waals surface area contributed by atoms with E-state index in [1.54, 1.807) is 12.1 Å². The second-order valence-corrected chi connectivity index (χ2v) is 5.52. The highest BCUT2D eigenvalue weighted by Crippen LogP contribution is 2.20. The van der Waals surface area contributed by atoms with Gasteiger partial charge in [0.05, 0.1) is 0 Å². The van der Waals surface area contributed by atoms with E-state index in [9.17, 15) is 4.79 Å². The average molecular weight is 326 g/mol. The van der Waals surface area contributed by atoms with Crippen LogP contribution in [-0.4, -0.2) is 5.97 Å². The third kappa shape index (κ3) is 4.55. The summed E-state index contributed by atoms with van der Waals surface area (Å²) >= 11 is 0. The summed E-state index contributed by atoms with van der Waals surface area (Å²) in [5.41, 5.74) is 4.57. The first-order valence-corrected chi connectivity index (χ1v) is 8.02. The molecule has 3 aromatic rings.